The van der Waals surface area contributed by atoms with Crippen LogP contribution in [0, 0.1) is 11.3 Å². The lowest BCUT2D eigenvalue weighted by Crippen LogP contribution is -2.45. The van der Waals surface area contributed by atoms with Gasteiger partial charge in [-0.1, -0.05) is 13.8 Å². The molecule has 14 heavy (non-hydrogen) atoms. The predicted molar refractivity (Wildman–Crippen MR) is 54.7 cm³/mol. The van der Waals surface area contributed by atoms with E-state index in [-0.39, 0.29) is 0 Å². The summed E-state index contributed by atoms with van der Waals surface area (Å²) in [7, 11) is -2.05. The lowest BCUT2D eigenvalue weighted by molar-refractivity contribution is 0.363. The van der Waals surface area contributed by atoms with E-state index in [2.05, 4.69) is 0 Å². The third-order valence-corrected chi connectivity index (χ3v) is 4.34. The van der Waals surface area contributed by atoms with Gasteiger partial charge in [0, 0.05) is 20.1 Å². The van der Waals surface area contributed by atoms with Gasteiger partial charge in [-0.25, -0.2) is 0 Å². The average molecular weight is 219 g/mol. The van der Waals surface area contributed by atoms with Crippen molar-refractivity contribution in [1.82, 2.24) is 8.61 Å². The van der Waals surface area contributed by atoms with Crippen LogP contribution in [0.3, 0.4) is 0 Å². The Morgan fingerprint density at radius 1 is 1.36 bits per heavy atom. The first kappa shape index (κ1) is 13.4. The maximum absolute atomic E-state index is 11.8. The number of nitriles is 1. The SMILES string of the molecule is CCN(CC)S(=O)(=O)N(C)C(C)C#N. The van der Waals surface area contributed by atoms with Gasteiger partial charge in [0.1, 0.15) is 6.04 Å². The second-order valence-electron chi connectivity index (χ2n) is 2.91. The molecule has 0 N–H and O–H groups in total. The maximum atomic E-state index is 11.8. The molecule has 0 saturated carbocycles. The normalized spacial score (nSPS) is 14.4. The quantitative estimate of drug-likeness (QED) is 0.673. The Kier molecular flexibility index (Phi) is 5.05. The molecule has 1 atom stereocenters. The predicted octanol–water partition coefficient (Wildman–Crippen LogP) is 0.417. The maximum Gasteiger partial charge on any atom is 0.282 e. The Balaban J connectivity index is 4.88. The number of hydrogen-bond donors (Lipinski definition) is 0. The van der Waals surface area contributed by atoms with E-state index >= 15 is 0 Å². The lowest BCUT2D eigenvalue weighted by Gasteiger charge is -2.26. The van der Waals surface area contributed by atoms with Crippen LogP contribution in [0.25, 0.3) is 0 Å². The summed E-state index contributed by atoms with van der Waals surface area (Å²) in [5.41, 5.74) is 0. The van der Waals surface area contributed by atoms with Crippen molar-refractivity contribution in [3.63, 3.8) is 0 Å². The molecule has 0 spiro atoms. The van der Waals surface area contributed by atoms with Gasteiger partial charge in [-0.2, -0.15) is 22.3 Å². The molecule has 0 aliphatic rings. The highest BCUT2D eigenvalue weighted by atomic mass is 32.2. The van der Waals surface area contributed by atoms with Crippen molar-refractivity contribution in [3.05, 3.63) is 0 Å². The molecule has 0 aromatic carbocycles. The fourth-order valence-electron chi connectivity index (χ4n) is 1.01. The van der Waals surface area contributed by atoms with Crippen molar-refractivity contribution in [3.8, 4) is 6.07 Å². The highest BCUT2D eigenvalue weighted by Gasteiger charge is 2.27. The van der Waals surface area contributed by atoms with E-state index in [9.17, 15) is 8.42 Å². The fourth-order valence-corrected chi connectivity index (χ4v) is 2.48. The molecule has 82 valence electrons. The van der Waals surface area contributed by atoms with Gasteiger partial charge in [0.05, 0.1) is 6.07 Å². The summed E-state index contributed by atoms with van der Waals surface area (Å²) in [5, 5.41) is 8.62. The molecule has 0 amide bonds. The molecule has 0 aliphatic carbocycles. The molecule has 0 saturated heterocycles. The van der Waals surface area contributed by atoms with E-state index in [1.165, 1.54) is 11.4 Å². The van der Waals surface area contributed by atoms with Crippen LogP contribution in [0.15, 0.2) is 0 Å². The first-order valence-electron chi connectivity index (χ1n) is 4.54. The van der Waals surface area contributed by atoms with Gasteiger partial charge in [-0.05, 0) is 6.92 Å². The van der Waals surface area contributed by atoms with E-state index in [0.29, 0.717) is 13.1 Å². The van der Waals surface area contributed by atoms with Crippen LogP contribution in [-0.2, 0) is 10.2 Å². The third-order valence-electron chi connectivity index (χ3n) is 2.13. The Bertz CT molecular complexity index is 303. The smallest absolute Gasteiger partial charge is 0.197 e. The third kappa shape index (κ3) is 2.67. The highest BCUT2D eigenvalue weighted by molar-refractivity contribution is 7.86. The largest absolute Gasteiger partial charge is 0.282 e. The Hall–Kier alpha value is -0.640. The monoisotopic (exact) mass is 219 g/mol. The van der Waals surface area contributed by atoms with Crippen LogP contribution in [0.2, 0.25) is 0 Å². The molecule has 0 rings (SSSR count). The summed E-state index contributed by atoms with van der Waals surface area (Å²) < 4.78 is 26.0. The first-order chi connectivity index (χ1) is 6.41. The van der Waals surface area contributed by atoms with Gasteiger partial charge in [0.25, 0.3) is 10.2 Å². The van der Waals surface area contributed by atoms with E-state index in [1.807, 2.05) is 6.07 Å². The molecule has 0 aromatic heterocycles. The summed E-state index contributed by atoms with van der Waals surface area (Å²) in [5.74, 6) is 0. The standard InChI is InChI=1S/C8H17N3O2S/c1-5-11(6-2)14(12,13)10(4)8(3)7-9/h8H,5-6H2,1-4H3. The highest BCUT2D eigenvalue weighted by Crippen LogP contribution is 2.08. The van der Waals surface area contributed by atoms with Gasteiger partial charge in [0.2, 0.25) is 0 Å². The van der Waals surface area contributed by atoms with Gasteiger partial charge in [0.15, 0.2) is 0 Å². The van der Waals surface area contributed by atoms with Crippen LogP contribution < -0.4 is 0 Å². The molecule has 1 unspecified atom stereocenters. The van der Waals surface area contributed by atoms with Gasteiger partial charge in [-0.15, -0.1) is 0 Å². The summed E-state index contributed by atoms with van der Waals surface area (Å²) in [6.07, 6.45) is 0. The molecular formula is C8H17N3O2S. The molecule has 6 heteroatoms. The Morgan fingerprint density at radius 3 is 2.07 bits per heavy atom. The van der Waals surface area contributed by atoms with Crippen molar-refractivity contribution in [2.45, 2.75) is 26.8 Å². The number of hydrogen-bond acceptors (Lipinski definition) is 3. The van der Waals surface area contributed by atoms with E-state index in [1.54, 1.807) is 20.8 Å². The molecule has 0 heterocycles. The van der Waals surface area contributed by atoms with Crippen LogP contribution in [0.4, 0.5) is 0 Å². The van der Waals surface area contributed by atoms with E-state index in [0.717, 1.165) is 4.31 Å². The van der Waals surface area contributed by atoms with Crippen LogP contribution >= 0.6 is 0 Å². The fraction of sp³-hybridized carbons (Fsp3) is 0.875. The van der Waals surface area contributed by atoms with Crippen LogP contribution in [-0.4, -0.2) is 43.2 Å². The minimum atomic E-state index is -3.47. The first-order valence-corrected chi connectivity index (χ1v) is 5.94. The molecule has 0 aliphatic heterocycles. The zero-order valence-electron chi connectivity index (χ0n) is 9.06. The van der Waals surface area contributed by atoms with E-state index < -0.39 is 16.3 Å². The van der Waals surface area contributed by atoms with Crippen LogP contribution in [0.1, 0.15) is 20.8 Å². The summed E-state index contributed by atoms with van der Waals surface area (Å²) in [6.45, 7) is 5.93. The molecular weight excluding hydrogens is 202 g/mol. The molecule has 0 bridgehead atoms. The van der Waals surface area contributed by atoms with E-state index in [4.69, 9.17) is 5.26 Å². The zero-order chi connectivity index (χ0) is 11.4. The summed E-state index contributed by atoms with van der Waals surface area (Å²) in [6, 6.07) is 1.26. The summed E-state index contributed by atoms with van der Waals surface area (Å²) in [4.78, 5) is 0. The van der Waals surface area contributed by atoms with Crippen molar-refractivity contribution in [2.75, 3.05) is 20.1 Å². The number of nitrogens with zero attached hydrogens (tertiary/aromatic N) is 3. The van der Waals surface area contributed by atoms with Crippen molar-refractivity contribution >= 4 is 10.2 Å². The van der Waals surface area contributed by atoms with Crippen molar-refractivity contribution < 1.29 is 8.42 Å². The van der Waals surface area contributed by atoms with Crippen molar-refractivity contribution in [2.24, 2.45) is 0 Å². The molecule has 0 fully saturated rings. The van der Waals surface area contributed by atoms with Crippen LogP contribution in [0.5, 0.6) is 0 Å². The van der Waals surface area contributed by atoms with Gasteiger partial charge in [-0.3, -0.25) is 0 Å². The molecule has 0 radical (unpaired) electrons. The Labute approximate surface area is 86.1 Å². The molecule has 0 aromatic rings. The van der Waals surface area contributed by atoms with Crippen molar-refractivity contribution in [1.29, 1.82) is 5.26 Å². The second-order valence-corrected chi connectivity index (χ2v) is 4.90. The van der Waals surface area contributed by atoms with Gasteiger partial charge < -0.3 is 0 Å². The average Bonchev–Trinajstić information content (AvgIpc) is 2.16. The Morgan fingerprint density at radius 2 is 1.79 bits per heavy atom. The zero-order valence-corrected chi connectivity index (χ0v) is 9.87. The minimum Gasteiger partial charge on any atom is -0.197 e. The topological polar surface area (TPSA) is 64.4 Å². The summed E-state index contributed by atoms with van der Waals surface area (Å²) >= 11 is 0. The second kappa shape index (κ2) is 5.29. The minimum absolute atomic E-state index is 0.418. The number of rotatable bonds is 5. The van der Waals surface area contributed by atoms with Gasteiger partial charge >= 0.3 is 0 Å². The lowest BCUT2D eigenvalue weighted by atomic mass is 10.4. The molecule has 5 nitrogen and oxygen atoms in total.